The zero-order valence-corrected chi connectivity index (χ0v) is 9.89. The first-order valence-electron chi connectivity index (χ1n) is 5.78. The van der Waals surface area contributed by atoms with E-state index < -0.39 is 5.82 Å². The first-order valence-corrected chi connectivity index (χ1v) is 5.78. The molecule has 5 heteroatoms. The molecule has 0 saturated carbocycles. The molecule has 90 valence electrons. The molecule has 0 saturated heterocycles. The molecule has 0 aliphatic carbocycles. The van der Waals surface area contributed by atoms with Crippen LogP contribution in [0.15, 0.2) is 6.20 Å². The zero-order valence-electron chi connectivity index (χ0n) is 9.89. The molecule has 0 aliphatic rings. The molecule has 1 heterocycles. The second-order valence-electron chi connectivity index (χ2n) is 3.60. The minimum Gasteiger partial charge on any atom is -0.367 e. The lowest BCUT2D eigenvalue weighted by molar-refractivity contribution is 0.616. The Morgan fingerprint density at radius 3 is 2.69 bits per heavy atom. The van der Waals surface area contributed by atoms with E-state index in [0.717, 1.165) is 32.4 Å². The van der Waals surface area contributed by atoms with Crippen molar-refractivity contribution >= 4 is 11.8 Å². The lowest BCUT2D eigenvalue weighted by atomic mass is 10.3. The molecule has 1 rings (SSSR count). The van der Waals surface area contributed by atoms with Gasteiger partial charge in [-0.1, -0.05) is 20.3 Å². The Bertz CT molecular complexity index is 317. The number of hydrogen-bond donors (Lipinski definition) is 2. The van der Waals surface area contributed by atoms with Crippen molar-refractivity contribution in [2.45, 2.75) is 33.1 Å². The Labute approximate surface area is 95.7 Å². The third kappa shape index (κ3) is 4.00. The van der Waals surface area contributed by atoms with Crippen molar-refractivity contribution in [1.29, 1.82) is 0 Å². The van der Waals surface area contributed by atoms with E-state index in [4.69, 9.17) is 0 Å². The van der Waals surface area contributed by atoms with E-state index in [1.54, 1.807) is 0 Å². The number of rotatable bonds is 7. The van der Waals surface area contributed by atoms with Crippen LogP contribution in [0.2, 0.25) is 0 Å². The van der Waals surface area contributed by atoms with Gasteiger partial charge in [0.2, 0.25) is 5.95 Å². The molecule has 0 atom stereocenters. The van der Waals surface area contributed by atoms with Gasteiger partial charge in [-0.25, -0.2) is 9.37 Å². The van der Waals surface area contributed by atoms with Crippen LogP contribution in [0.3, 0.4) is 0 Å². The first-order chi connectivity index (χ1) is 7.77. The quantitative estimate of drug-likeness (QED) is 0.702. The fraction of sp³-hybridized carbons (Fsp3) is 0.636. The SMILES string of the molecule is CCCCNc1nc(NCCC)ncc1F. The van der Waals surface area contributed by atoms with Gasteiger partial charge in [-0.2, -0.15) is 4.98 Å². The minimum absolute atomic E-state index is 0.280. The highest BCUT2D eigenvalue weighted by Gasteiger charge is 2.05. The van der Waals surface area contributed by atoms with Crippen molar-refractivity contribution < 1.29 is 4.39 Å². The van der Waals surface area contributed by atoms with Crippen LogP contribution >= 0.6 is 0 Å². The topological polar surface area (TPSA) is 49.8 Å². The average Bonchev–Trinajstić information content (AvgIpc) is 2.30. The summed E-state index contributed by atoms with van der Waals surface area (Å²) in [7, 11) is 0. The Kier molecular flexibility index (Phi) is 5.53. The van der Waals surface area contributed by atoms with Crippen LogP contribution < -0.4 is 10.6 Å². The fourth-order valence-electron chi connectivity index (χ4n) is 1.20. The van der Waals surface area contributed by atoms with E-state index in [2.05, 4.69) is 34.4 Å². The van der Waals surface area contributed by atoms with E-state index >= 15 is 0 Å². The molecule has 0 fully saturated rings. The van der Waals surface area contributed by atoms with Gasteiger partial charge in [0.1, 0.15) is 0 Å². The van der Waals surface area contributed by atoms with Crippen LogP contribution in [0.5, 0.6) is 0 Å². The van der Waals surface area contributed by atoms with E-state index in [1.165, 1.54) is 6.20 Å². The maximum absolute atomic E-state index is 13.3. The predicted octanol–water partition coefficient (Wildman–Crippen LogP) is 2.65. The van der Waals surface area contributed by atoms with Crippen molar-refractivity contribution in [2.75, 3.05) is 23.7 Å². The monoisotopic (exact) mass is 226 g/mol. The Morgan fingerprint density at radius 2 is 2.00 bits per heavy atom. The van der Waals surface area contributed by atoms with Crippen LogP contribution in [-0.4, -0.2) is 23.1 Å². The van der Waals surface area contributed by atoms with Crippen LogP contribution in [0.4, 0.5) is 16.2 Å². The molecular formula is C11H19FN4. The summed E-state index contributed by atoms with van der Waals surface area (Å²) >= 11 is 0. The predicted molar refractivity (Wildman–Crippen MR) is 64.2 cm³/mol. The van der Waals surface area contributed by atoms with Gasteiger partial charge in [-0.05, 0) is 12.8 Å². The van der Waals surface area contributed by atoms with Gasteiger partial charge < -0.3 is 10.6 Å². The second kappa shape index (κ2) is 6.98. The van der Waals surface area contributed by atoms with Crippen molar-refractivity contribution in [3.8, 4) is 0 Å². The summed E-state index contributed by atoms with van der Waals surface area (Å²) < 4.78 is 13.3. The summed E-state index contributed by atoms with van der Waals surface area (Å²) in [6, 6.07) is 0. The summed E-state index contributed by atoms with van der Waals surface area (Å²) in [4.78, 5) is 7.94. The molecule has 0 aromatic carbocycles. The molecule has 0 bridgehead atoms. The molecule has 0 spiro atoms. The summed E-state index contributed by atoms with van der Waals surface area (Å²) in [5.74, 6) is 0.349. The standard InChI is InChI=1S/C11H19FN4/c1-3-5-7-13-10-9(12)8-15-11(16-10)14-6-4-2/h8H,3-7H2,1-2H3,(H2,13,14,15,16). The fourth-order valence-corrected chi connectivity index (χ4v) is 1.20. The normalized spacial score (nSPS) is 10.2. The number of hydrogen-bond acceptors (Lipinski definition) is 4. The van der Waals surface area contributed by atoms with E-state index in [1.807, 2.05) is 0 Å². The lowest BCUT2D eigenvalue weighted by Crippen LogP contribution is -2.10. The van der Waals surface area contributed by atoms with Crippen LogP contribution in [0.25, 0.3) is 0 Å². The summed E-state index contributed by atoms with van der Waals surface area (Å²) in [6.07, 6.45) is 4.25. The number of halogens is 1. The molecule has 1 aromatic heterocycles. The van der Waals surface area contributed by atoms with Gasteiger partial charge in [-0.15, -0.1) is 0 Å². The number of nitrogens with one attached hydrogen (secondary N) is 2. The van der Waals surface area contributed by atoms with Crippen molar-refractivity contribution in [2.24, 2.45) is 0 Å². The molecule has 2 N–H and O–H groups in total. The van der Waals surface area contributed by atoms with Gasteiger partial charge in [0.25, 0.3) is 0 Å². The van der Waals surface area contributed by atoms with Crippen LogP contribution in [0, 0.1) is 5.82 Å². The van der Waals surface area contributed by atoms with Crippen molar-refractivity contribution in [3.05, 3.63) is 12.0 Å². The van der Waals surface area contributed by atoms with E-state index in [-0.39, 0.29) is 5.82 Å². The highest BCUT2D eigenvalue weighted by atomic mass is 19.1. The molecule has 0 radical (unpaired) electrons. The van der Waals surface area contributed by atoms with Gasteiger partial charge in [-0.3, -0.25) is 0 Å². The molecule has 1 aromatic rings. The minimum atomic E-state index is -0.404. The smallest absolute Gasteiger partial charge is 0.224 e. The molecule has 0 aliphatic heterocycles. The number of anilines is 2. The summed E-state index contributed by atoms with van der Waals surface area (Å²) in [5, 5.41) is 5.99. The molecule has 0 unspecified atom stereocenters. The average molecular weight is 226 g/mol. The highest BCUT2D eigenvalue weighted by molar-refractivity contribution is 5.40. The maximum atomic E-state index is 13.3. The number of unbranched alkanes of at least 4 members (excludes halogenated alkanes) is 1. The molecule has 4 nitrogen and oxygen atoms in total. The van der Waals surface area contributed by atoms with Gasteiger partial charge >= 0.3 is 0 Å². The Hall–Kier alpha value is -1.39. The van der Waals surface area contributed by atoms with Gasteiger partial charge in [0.15, 0.2) is 11.6 Å². The largest absolute Gasteiger partial charge is 0.367 e. The van der Waals surface area contributed by atoms with Crippen molar-refractivity contribution in [3.63, 3.8) is 0 Å². The van der Waals surface area contributed by atoms with E-state index in [9.17, 15) is 4.39 Å². The third-order valence-electron chi connectivity index (χ3n) is 2.10. The van der Waals surface area contributed by atoms with E-state index in [0.29, 0.717) is 5.95 Å². The third-order valence-corrected chi connectivity index (χ3v) is 2.10. The zero-order chi connectivity index (χ0) is 11.8. The molecular weight excluding hydrogens is 207 g/mol. The summed E-state index contributed by atoms with van der Waals surface area (Å²) in [6.45, 7) is 5.67. The van der Waals surface area contributed by atoms with Gasteiger partial charge in [0, 0.05) is 13.1 Å². The number of nitrogens with zero attached hydrogens (tertiary/aromatic N) is 2. The van der Waals surface area contributed by atoms with Crippen LogP contribution in [0.1, 0.15) is 33.1 Å². The second-order valence-corrected chi connectivity index (χ2v) is 3.60. The van der Waals surface area contributed by atoms with Gasteiger partial charge in [0.05, 0.1) is 6.20 Å². The van der Waals surface area contributed by atoms with Crippen molar-refractivity contribution in [1.82, 2.24) is 9.97 Å². The molecule has 0 amide bonds. The Morgan fingerprint density at radius 1 is 1.19 bits per heavy atom. The lowest BCUT2D eigenvalue weighted by Gasteiger charge is -2.08. The van der Waals surface area contributed by atoms with Crippen LogP contribution in [-0.2, 0) is 0 Å². The molecule has 16 heavy (non-hydrogen) atoms. The summed E-state index contributed by atoms with van der Waals surface area (Å²) in [5.41, 5.74) is 0. The maximum Gasteiger partial charge on any atom is 0.224 e. The highest BCUT2D eigenvalue weighted by Crippen LogP contribution is 2.11. The Balaban J connectivity index is 2.59. The first kappa shape index (κ1) is 12.7. The number of aromatic nitrogens is 2.